The highest BCUT2D eigenvalue weighted by Crippen LogP contribution is 2.22. The van der Waals surface area contributed by atoms with Gasteiger partial charge in [-0.1, -0.05) is 106 Å². The highest BCUT2D eigenvalue weighted by molar-refractivity contribution is 6.89. The molecule has 180 valence electrons. The Hall–Kier alpha value is -2.17. The normalized spacial score (nSPS) is 12.4. The number of rotatable bonds is 14. The molecule has 0 spiro atoms. The SMILES string of the molecule is C=C(C)C(=O)OCC(CO)CCC[Si](C)(C)c1ccc(-c2ccc(CCCCC)cc2)cc1. The Morgan fingerprint density at radius 3 is 2.15 bits per heavy atom. The minimum absolute atomic E-state index is 0.00887. The number of aliphatic hydroxyl groups excluding tert-OH is 1. The summed E-state index contributed by atoms with van der Waals surface area (Å²) in [4.78, 5) is 11.6. The van der Waals surface area contributed by atoms with Crippen molar-refractivity contribution >= 4 is 19.2 Å². The summed E-state index contributed by atoms with van der Waals surface area (Å²) in [6.45, 7) is 12.6. The van der Waals surface area contributed by atoms with Gasteiger partial charge in [0.2, 0.25) is 0 Å². The predicted octanol–water partition coefficient (Wildman–Crippen LogP) is 6.51. The van der Waals surface area contributed by atoms with Crippen LogP contribution in [0, 0.1) is 5.92 Å². The maximum absolute atomic E-state index is 11.6. The third-order valence-electron chi connectivity index (χ3n) is 6.49. The molecule has 2 rings (SSSR count). The van der Waals surface area contributed by atoms with E-state index < -0.39 is 8.07 Å². The first-order valence-corrected chi connectivity index (χ1v) is 15.6. The molecular weight excluding hydrogens is 424 g/mol. The Bertz CT molecular complexity index is 869. The first-order chi connectivity index (χ1) is 15.8. The van der Waals surface area contributed by atoms with E-state index in [-0.39, 0.29) is 25.1 Å². The van der Waals surface area contributed by atoms with Gasteiger partial charge < -0.3 is 9.84 Å². The topological polar surface area (TPSA) is 46.5 Å². The summed E-state index contributed by atoms with van der Waals surface area (Å²) in [5.74, 6) is -0.389. The molecule has 0 saturated carbocycles. The van der Waals surface area contributed by atoms with E-state index in [1.54, 1.807) is 6.92 Å². The zero-order valence-corrected chi connectivity index (χ0v) is 22.0. The third kappa shape index (κ3) is 8.94. The summed E-state index contributed by atoms with van der Waals surface area (Å²) in [5, 5.41) is 11.1. The Labute approximate surface area is 201 Å². The average molecular weight is 467 g/mol. The fraction of sp³-hybridized carbons (Fsp3) is 0.483. The molecule has 2 aromatic rings. The van der Waals surface area contributed by atoms with Crippen molar-refractivity contribution in [2.45, 2.75) is 71.5 Å². The van der Waals surface area contributed by atoms with Gasteiger partial charge in [0.1, 0.15) is 0 Å². The Balaban J connectivity index is 1.89. The van der Waals surface area contributed by atoms with Crippen LogP contribution in [0.2, 0.25) is 19.1 Å². The average Bonchev–Trinajstić information content (AvgIpc) is 2.81. The van der Waals surface area contributed by atoms with Crippen LogP contribution in [-0.2, 0) is 16.0 Å². The van der Waals surface area contributed by atoms with Gasteiger partial charge in [0, 0.05) is 18.1 Å². The van der Waals surface area contributed by atoms with Crippen LogP contribution in [-0.4, -0.2) is 32.4 Å². The number of hydrogen-bond donors (Lipinski definition) is 1. The molecule has 1 N–H and O–H groups in total. The van der Waals surface area contributed by atoms with Crippen LogP contribution in [0.4, 0.5) is 0 Å². The smallest absolute Gasteiger partial charge is 0.333 e. The van der Waals surface area contributed by atoms with Crippen molar-refractivity contribution in [3.8, 4) is 11.1 Å². The van der Waals surface area contributed by atoms with Gasteiger partial charge in [0.25, 0.3) is 0 Å². The van der Waals surface area contributed by atoms with Gasteiger partial charge in [0.05, 0.1) is 14.7 Å². The molecule has 4 heteroatoms. The number of aliphatic hydroxyl groups is 1. The summed E-state index contributed by atoms with van der Waals surface area (Å²) in [6.07, 6.45) is 6.88. The van der Waals surface area contributed by atoms with Gasteiger partial charge in [-0.15, -0.1) is 0 Å². The molecule has 1 atom stereocenters. The van der Waals surface area contributed by atoms with Crippen molar-refractivity contribution in [2.24, 2.45) is 5.92 Å². The van der Waals surface area contributed by atoms with Crippen LogP contribution >= 0.6 is 0 Å². The second-order valence-corrected chi connectivity index (χ2v) is 14.8. The standard InChI is InChI=1S/C29H42O3Si/c1-6-7-8-10-24-12-14-26(15-13-24)27-16-18-28(19-17-27)33(4,5)20-9-11-25(21-30)22-32-29(31)23(2)3/h12-19,25,30H,2,6-11,20-22H2,1,3-5H3. The second-order valence-electron chi connectivity index (χ2n) is 9.93. The van der Waals surface area contributed by atoms with E-state index in [1.165, 1.54) is 47.6 Å². The lowest BCUT2D eigenvalue weighted by molar-refractivity contribution is -0.140. The van der Waals surface area contributed by atoms with E-state index in [1.807, 2.05) is 0 Å². The monoisotopic (exact) mass is 466 g/mol. The minimum atomic E-state index is -1.58. The number of carbonyl (C=O) groups is 1. The maximum atomic E-state index is 11.6. The highest BCUT2D eigenvalue weighted by Gasteiger charge is 2.23. The summed E-state index contributed by atoms with van der Waals surface area (Å²) < 4.78 is 5.22. The summed E-state index contributed by atoms with van der Waals surface area (Å²) in [5.41, 5.74) is 4.36. The van der Waals surface area contributed by atoms with Gasteiger partial charge in [-0.3, -0.25) is 0 Å². The zero-order valence-electron chi connectivity index (χ0n) is 21.0. The third-order valence-corrected chi connectivity index (χ3v) is 9.99. The molecule has 0 heterocycles. The molecule has 0 aliphatic heterocycles. The van der Waals surface area contributed by atoms with Crippen molar-refractivity contribution in [2.75, 3.05) is 13.2 Å². The molecule has 33 heavy (non-hydrogen) atoms. The molecule has 2 aromatic carbocycles. The summed E-state index contributed by atoms with van der Waals surface area (Å²) in [6, 6.07) is 19.3. The van der Waals surface area contributed by atoms with Gasteiger partial charge in [-0.05, 0) is 42.9 Å². The molecular formula is C29H42O3Si. The number of hydrogen-bond acceptors (Lipinski definition) is 3. The van der Waals surface area contributed by atoms with Crippen molar-refractivity contribution in [1.82, 2.24) is 0 Å². The maximum Gasteiger partial charge on any atom is 0.333 e. The van der Waals surface area contributed by atoms with Crippen molar-refractivity contribution < 1.29 is 14.6 Å². The Morgan fingerprint density at radius 2 is 1.61 bits per heavy atom. The van der Waals surface area contributed by atoms with E-state index in [0.717, 1.165) is 18.9 Å². The summed E-state index contributed by atoms with van der Waals surface area (Å²) in [7, 11) is -1.58. The van der Waals surface area contributed by atoms with Crippen LogP contribution in [0.3, 0.4) is 0 Å². The van der Waals surface area contributed by atoms with E-state index in [9.17, 15) is 9.90 Å². The highest BCUT2D eigenvalue weighted by atomic mass is 28.3. The van der Waals surface area contributed by atoms with Crippen molar-refractivity contribution in [1.29, 1.82) is 0 Å². The lowest BCUT2D eigenvalue weighted by atomic mass is 10.0. The predicted molar refractivity (Wildman–Crippen MR) is 143 cm³/mol. The van der Waals surface area contributed by atoms with Gasteiger partial charge >= 0.3 is 5.97 Å². The number of aryl methyl sites for hydroxylation is 1. The second kappa shape index (κ2) is 13.5. The summed E-state index contributed by atoms with van der Waals surface area (Å²) >= 11 is 0. The van der Waals surface area contributed by atoms with Crippen molar-refractivity contribution in [3.05, 3.63) is 66.2 Å². The quantitative estimate of drug-likeness (QED) is 0.149. The number of carbonyl (C=O) groups excluding carboxylic acids is 1. The molecule has 0 radical (unpaired) electrons. The van der Waals surface area contributed by atoms with Gasteiger partial charge in [-0.25, -0.2) is 4.79 Å². The van der Waals surface area contributed by atoms with E-state index in [0.29, 0.717) is 5.57 Å². The largest absolute Gasteiger partial charge is 0.462 e. The molecule has 0 bridgehead atoms. The number of unbranched alkanes of at least 4 members (excludes halogenated alkanes) is 2. The fourth-order valence-electron chi connectivity index (χ4n) is 4.08. The lowest BCUT2D eigenvalue weighted by Gasteiger charge is -2.24. The number of esters is 1. The Morgan fingerprint density at radius 1 is 1.00 bits per heavy atom. The first-order valence-electron chi connectivity index (χ1n) is 12.4. The molecule has 0 saturated heterocycles. The number of ether oxygens (including phenoxy) is 1. The van der Waals surface area contributed by atoms with Crippen LogP contribution in [0.15, 0.2) is 60.7 Å². The zero-order chi connectivity index (χ0) is 24.3. The van der Waals surface area contributed by atoms with Gasteiger partial charge in [-0.2, -0.15) is 0 Å². The molecule has 0 aliphatic carbocycles. The van der Waals surface area contributed by atoms with Gasteiger partial charge in [0.15, 0.2) is 0 Å². The van der Waals surface area contributed by atoms with E-state index in [2.05, 4.69) is 75.1 Å². The van der Waals surface area contributed by atoms with Crippen LogP contribution in [0.25, 0.3) is 11.1 Å². The fourth-order valence-corrected chi connectivity index (χ4v) is 6.52. The first kappa shape index (κ1) is 27.1. The van der Waals surface area contributed by atoms with Crippen LogP contribution < -0.4 is 5.19 Å². The van der Waals surface area contributed by atoms with Crippen LogP contribution in [0.5, 0.6) is 0 Å². The van der Waals surface area contributed by atoms with Crippen LogP contribution in [0.1, 0.15) is 51.5 Å². The number of benzene rings is 2. The van der Waals surface area contributed by atoms with Crippen molar-refractivity contribution in [3.63, 3.8) is 0 Å². The molecule has 3 nitrogen and oxygen atoms in total. The Kier molecular flexibility index (Phi) is 11.1. The molecule has 0 aromatic heterocycles. The molecule has 0 amide bonds. The van der Waals surface area contributed by atoms with E-state index >= 15 is 0 Å². The molecule has 0 aliphatic rings. The lowest BCUT2D eigenvalue weighted by Crippen LogP contribution is -2.41. The molecule has 0 fully saturated rings. The van der Waals surface area contributed by atoms with E-state index in [4.69, 9.17) is 4.74 Å². The minimum Gasteiger partial charge on any atom is -0.462 e. The molecule has 1 unspecified atom stereocenters.